The Kier molecular flexibility index (Phi) is 7.26. The smallest absolute Gasteiger partial charge is 0.354 e. The predicted molar refractivity (Wildman–Crippen MR) is 130 cm³/mol. The van der Waals surface area contributed by atoms with E-state index in [-0.39, 0.29) is 23.5 Å². The van der Waals surface area contributed by atoms with E-state index in [4.69, 9.17) is 9.47 Å². The van der Waals surface area contributed by atoms with Gasteiger partial charge in [-0.15, -0.1) is 0 Å². The van der Waals surface area contributed by atoms with Crippen molar-refractivity contribution in [2.75, 3.05) is 7.11 Å². The number of hydrogen-bond acceptors (Lipinski definition) is 5. The highest BCUT2D eigenvalue weighted by Gasteiger charge is 2.34. The molecule has 0 spiro atoms. The topological polar surface area (TPSA) is 94.8 Å². The minimum absolute atomic E-state index is 0.170. The number of aliphatic carboxylic acids is 1. The number of carbonyl (C=O) groups excluding carboxylic acids is 2. The summed E-state index contributed by atoms with van der Waals surface area (Å²) < 4.78 is 12.1. The van der Waals surface area contributed by atoms with Crippen LogP contribution in [-0.2, 0) is 20.8 Å². The van der Waals surface area contributed by atoms with Gasteiger partial charge in [-0.05, 0) is 42.2 Å². The number of benzene rings is 2. The van der Waals surface area contributed by atoms with Crippen LogP contribution in [0.3, 0.4) is 0 Å². The molecule has 4 rings (SSSR count). The third-order valence-electron chi connectivity index (χ3n) is 5.73. The molecule has 0 aliphatic heterocycles. The first-order chi connectivity index (χ1) is 17.0. The maximum Gasteiger partial charge on any atom is 0.354 e. The second kappa shape index (κ2) is 10.7. The van der Waals surface area contributed by atoms with Crippen LogP contribution in [0.2, 0.25) is 0 Å². The number of carboxylic acid groups (broad SMARTS) is 1. The molecule has 1 N–H and O–H groups in total. The van der Waals surface area contributed by atoms with Gasteiger partial charge in [0.2, 0.25) is 6.10 Å². The Balaban J connectivity index is 1.89. The van der Waals surface area contributed by atoms with E-state index in [1.54, 1.807) is 41.0 Å². The molecule has 178 valence electrons. The van der Waals surface area contributed by atoms with E-state index in [9.17, 15) is 19.5 Å². The zero-order chi connectivity index (χ0) is 24.8. The lowest BCUT2D eigenvalue weighted by molar-refractivity contribution is -0.147. The van der Waals surface area contributed by atoms with Gasteiger partial charge in [-0.2, -0.15) is 0 Å². The number of ether oxygens (including phenoxy) is 2. The van der Waals surface area contributed by atoms with Gasteiger partial charge in [0, 0.05) is 12.1 Å². The molecule has 1 unspecified atom stereocenters. The zero-order valence-corrected chi connectivity index (χ0v) is 19.2. The lowest BCUT2D eigenvalue weighted by atomic mass is 9.97. The van der Waals surface area contributed by atoms with Crippen LogP contribution in [0.4, 0.5) is 0 Å². The number of rotatable bonds is 8. The molecular formula is C28H25NO6. The maximum atomic E-state index is 12.9. The number of allylic oxidation sites excluding steroid dienone is 4. The third-order valence-corrected chi connectivity index (χ3v) is 5.73. The van der Waals surface area contributed by atoms with Gasteiger partial charge >= 0.3 is 17.9 Å². The molecule has 0 saturated heterocycles. The van der Waals surface area contributed by atoms with Crippen LogP contribution in [0.15, 0.2) is 85.0 Å². The number of nitrogens with zero attached hydrogens (tertiary/aromatic N) is 1. The van der Waals surface area contributed by atoms with E-state index in [0.29, 0.717) is 5.56 Å². The van der Waals surface area contributed by atoms with Crippen molar-refractivity contribution in [2.45, 2.75) is 25.5 Å². The maximum absolute atomic E-state index is 12.9. The molecule has 2 aromatic carbocycles. The first-order valence-electron chi connectivity index (χ1n) is 11.2. The van der Waals surface area contributed by atoms with E-state index >= 15 is 0 Å². The van der Waals surface area contributed by atoms with Gasteiger partial charge in [0.1, 0.15) is 5.69 Å². The van der Waals surface area contributed by atoms with Crippen molar-refractivity contribution in [3.05, 3.63) is 113 Å². The average Bonchev–Trinajstić information content (AvgIpc) is 3.26. The molecule has 0 radical (unpaired) electrons. The van der Waals surface area contributed by atoms with Gasteiger partial charge in [-0.25, -0.2) is 14.4 Å². The van der Waals surface area contributed by atoms with Crippen LogP contribution >= 0.6 is 0 Å². The molecule has 0 amide bonds. The fourth-order valence-electron chi connectivity index (χ4n) is 4.07. The minimum atomic E-state index is -1.66. The summed E-state index contributed by atoms with van der Waals surface area (Å²) in [6.45, 7) is 0.185. The fraction of sp³-hybridized carbons (Fsp3) is 0.179. The van der Waals surface area contributed by atoms with Crippen LogP contribution in [0.1, 0.15) is 56.6 Å². The van der Waals surface area contributed by atoms with Crippen molar-refractivity contribution in [2.24, 2.45) is 0 Å². The van der Waals surface area contributed by atoms with Gasteiger partial charge in [-0.3, -0.25) is 0 Å². The molecule has 0 bridgehead atoms. The largest absolute Gasteiger partial charge is 0.478 e. The Morgan fingerprint density at radius 1 is 0.971 bits per heavy atom. The van der Waals surface area contributed by atoms with Crippen LogP contribution < -0.4 is 0 Å². The second-order valence-corrected chi connectivity index (χ2v) is 8.02. The van der Waals surface area contributed by atoms with Crippen molar-refractivity contribution >= 4 is 23.5 Å². The third kappa shape index (κ3) is 5.24. The van der Waals surface area contributed by atoms with Gasteiger partial charge in [0.05, 0.1) is 18.4 Å². The Bertz CT molecular complexity index is 1290. The highest BCUT2D eigenvalue weighted by Crippen LogP contribution is 2.35. The quantitative estimate of drug-likeness (QED) is 0.463. The van der Waals surface area contributed by atoms with Crippen molar-refractivity contribution < 1.29 is 29.0 Å². The first-order valence-corrected chi connectivity index (χ1v) is 11.2. The molecule has 1 heterocycles. The fourth-order valence-corrected chi connectivity index (χ4v) is 4.07. The monoisotopic (exact) mass is 471 g/mol. The van der Waals surface area contributed by atoms with E-state index < -0.39 is 24.0 Å². The summed E-state index contributed by atoms with van der Waals surface area (Å²) in [5.74, 6) is -2.74. The summed E-state index contributed by atoms with van der Waals surface area (Å²) in [4.78, 5) is 38.2. The van der Waals surface area contributed by atoms with E-state index in [0.717, 1.165) is 24.0 Å². The van der Waals surface area contributed by atoms with E-state index in [1.165, 1.54) is 7.11 Å². The Hall–Kier alpha value is -4.39. The molecule has 1 aliphatic carbocycles. The molecule has 1 aromatic heterocycles. The van der Waals surface area contributed by atoms with E-state index in [2.05, 4.69) is 0 Å². The standard InChI is InChI=1S/C28H25NO6/c1-34-28(33)23-17-22(20-13-7-3-8-14-20)24(29(23)18-19-11-5-2-6-12-19)25(26(30)31)35-27(32)21-15-9-4-10-16-21/h2,4-7,9-17,25H,3,8,18H2,1H3,(H,30,31). The minimum Gasteiger partial charge on any atom is -0.478 e. The lowest BCUT2D eigenvalue weighted by Gasteiger charge is -2.21. The number of esters is 2. The summed E-state index contributed by atoms with van der Waals surface area (Å²) >= 11 is 0. The van der Waals surface area contributed by atoms with Crippen molar-refractivity contribution in [1.29, 1.82) is 0 Å². The normalized spacial score (nSPS) is 13.6. The molecule has 1 aliphatic rings. The number of carboxylic acids is 1. The molecule has 3 aromatic rings. The van der Waals surface area contributed by atoms with Gasteiger partial charge < -0.3 is 19.1 Å². The number of carbonyl (C=O) groups is 3. The molecular weight excluding hydrogens is 446 g/mol. The average molecular weight is 472 g/mol. The van der Waals surface area contributed by atoms with Crippen LogP contribution in [0, 0.1) is 0 Å². The summed E-state index contributed by atoms with van der Waals surface area (Å²) in [5, 5.41) is 10.2. The Labute approximate surface area is 202 Å². The highest BCUT2D eigenvalue weighted by atomic mass is 16.6. The van der Waals surface area contributed by atoms with E-state index in [1.807, 2.05) is 48.6 Å². The Morgan fingerprint density at radius 3 is 2.26 bits per heavy atom. The highest BCUT2D eigenvalue weighted by molar-refractivity contribution is 5.94. The van der Waals surface area contributed by atoms with Gasteiger partial charge in [0.25, 0.3) is 0 Å². The van der Waals surface area contributed by atoms with Crippen LogP contribution in [0.25, 0.3) is 5.57 Å². The molecule has 7 heteroatoms. The van der Waals surface area contributed by atoms with Gasteiger partial charge in [-0.1, -0.05) is 66.8 Å². The number of methoxy groups -OCH3 is 1. The van der Waals surface area contributed by atoms with Crippen LogP contribution in [-0.4, -0.2) is 34.7 Å². The summed E-state index contributed by atoms with van der Waals surface area (Å²) in [6.07, 6.45) is 5.81. The van der Waals surface area contributed by atoms with Crippen molar-refractivity contribution in [1.82, 2.24) is 4.57 Å². The molecule has 0 fully saturated rings. The molecule has 0 saturated carbocycles. The summed E-state index contributed by atoms with van der Waals surface area (Å²) in [5.41, 5.74) is 2.70. The Morgan fingerprint density at radius 2 is 1.66 bits per heavy atom. The predicted octanol–water partition coefficient (Wildman–Crippen LogP) is 5.04. The number of aromatic nitrogens is 1. The first kappa shape index (κ1) is 23.8. The number of hydrogen-bond donors (Lipinski definition) is 1. The SMILES string of the molecule is COC(=O)c1cc(C2=CCCC=C2)c(C(OC(=O)c2ccccc2)C(=O)O)n1Cc1ccccc1. The molecule has 7 nitrogen and oxygen atoms in total. The lowest BCUT2D eigenvalue weighted by Crippen LogP contribution is -2.25. The molecule has 35 heavy (non-hydrogen) atoms. The molecule has 1 atom stereocenters. The van der Waals surface area contributed by atoms with Crippen molar-refractivity contribution in [3.8, 4) is 0 Å². The second-order valence-electron chi connectivity index (χ2n) is 8.02. The van der Waals surface area contributed by atoms with Crippen LogP contribution in [0.5, 0.6) is 0 Å². The van der Waals surface area contributed by atoms with Gasteiger partial charge in [0.15, 0.2) is 0 Å². The summed E-state index contributed by atoms with van der Waals surface area (Å²) in [7, 11) is 1.27. The van der Waals surface area contributed by atoms with Crippen molar-refractivity contribution in [3.63, 3.8) is 0 Å². The summed E-state index contributed by atoms with van der Waals surface area (Å²) in [6, 6.07) is 19.1. The zero-order valence-electron chi connectivity index (χ0n) is 19.2.